The number of carboxylic acid groups (broad SMARTS) is 1. The molecule has 0 aromatic carbocycles. The summed E-state index contributed by atoms with van der Waals surface area (Å²) in [6, 6.07) is 10.4. The topological polar surface area (TPSA) is 136 Å². The molecule has 2 aromatic rings. The molecule has 1 aliphatic heterocycles. The fourth-order valence-electron chi connectivity index (χ4n) is 3.93. The molecule has 2 aromatic heterocycles. The average molecular weight is 546 g/mol. The fourth-order valence-corrected chi connectivity index (χ4v) is 3.93. The molecule has 1 amide bonds. The highest BCUT2D eigenvalue weighted by atomic mass is 16.5. The van der Waals surface area contributed by atoms with Crippen molar-refractivity contribution in [3.63, 3.8) is 0 Å². The highest BCUT2D eigenvalue weighted by Crippen LogP contribution is 2.06. The molecule has 2 N–H and O–H groups in total. The van der Waals surface area contributed by atoms with Gasteiger partial charge in [0.2, 0.25) is 0 Å². The van der Waals surface area contributed by atoms with Gasteiger partial charge in [0.1, 0.15) is 11.4 Å². The minimum absolute atomic E-state index is 0.0305. The highest BCUT2D eigenvalue weighted by Gasteiger charge is 2.12. The molecule has 214 valence electrons. The smallest absolute Gasteiger partial charge is 0.354 e. The Kier molecular flexibility index (Phi) is 13.8. The number of aromatic carboxylic acids is 1. The lowest BCUT2D eigenvalue weighted by Crippen LogP contribution is -2.33. The SMILES string of the molecule is CNC(=O)c1cccc(CN2CCOCCOCCN(Cc3cccc(C(=O)O)n3)CCOCCOCC2)n1. The van der Waals surface area contributed by atoms with E-state index in [1.807, 2.05) is 18.2 Å². The van der Waals surface area contributed by atoms with Crippen LogP contribution in [-0.4, -0.2) is 123 Å². The van der Waals surface area contributed by atoms with Gasteiger partial charge in [-0.3, -0.25) is 14.6 Å². The summed E-state index contributed by atoms with van der Waals surface area (Å²) < 4.78 is 23.1. The molecule has 39 heavy (non-hydrogen) atoms. The third-order valence-corrected chi connectivity index (χ3v) is 6.01. The van der Waals surface area contributed by atoms with E-state index in [9.17, 15) is 14.7 Å². The molecule has 0 aliphatic carbocycles. The summed E-state index contributed by atoms with van der Waals surface area (Å²) in [5, 5.41) is 11.8. The molecule has 0 spiro atoms. The summed E-state index contributed by atoms with van der Waals surface area (Å²) in [7, 11) is 1.59. The first-order valence-corrected chi connectivity index (χ1v) is 13.2. The molecular weight excluding hydrogens is 506 g/mol. The van der Waals surface area contributed by atoms with Gasteiger partial charge < -0.3 is 29.4 Å². The van der Waals surface area contributed by atoms with Gasteiger partial charge in [-0.15, -0.1) is 0 Å². The van der Waals surface area contributed by atoms with Crippen LogP contribution in [0.2, 0.25) is 0 Å². The van der Waals surface area contributed by atoms with Crippen LogP contribution in [0.25, 0.3) is 0 Å². The largest absolute Gasteiger partial charge is 0.477 e. The summed E-state index contributed by atoms with van der Waals surface area (Å²) in [6.07, 6.45) is 0. The van der Waals surface area contributed by atoms with Gasteiger partial charge in [-0.25, -0.2) is 14.8 Å². The number of ether oxygens (including phenoxy) is 4. The molecule has 3 rings (SSSR count). The van der Waals surface area contributed by atoms with E-state index in [2.05, 4.69) is 25.1 Å². The zero-order chi connectivity index (χ0) is 27.7. The Morgan fingerprint density at radius 1 is 0.718 bits per heavy atom. The zero-order valence-corrected chi connectivity index (χ0v) is 22.5. The van der Waals surface area contributed by atoms with Gasteiger partial charge in [0, 0.05) is 46.3 Å². The van der Waals surface area contributed by atoms with Crippen molar-refractivity contribution in [2.24, 2.45) is 0 Å². The summed E-state index contributed by atoms with van der Waals surface area (Å²) in [5.41, 5.74) is 1.91. The van der Waals surface area contributed by atoms with Gasteiger partial charge in [-0.1, -0.05) is 12.1 Å². The maximum Gasteiger partial charge on any atom is 0.354 e. The maximum atomic E-state index is 11.9. The van der Waals surface area contributed by atoms with E-state index < -0.39 is 5.97 Å². The standard InChI is InChI=1S/C27H39N5O7/c1-28-26(33)24-6-2-4-22(29-24)20-31-8-12-36-16-18-38-14-10-32(11-15-39-19-17-37-13-9-31)21-23-5-3-7-25(30-23)27(34)35/h2-7H,8-21H2,1H3,(H,28,33)(H,34,35). The van der Waals surface area contributed by atoms with Crippen LogP contribution < -0.4 is 5.32 Å². The van der Waals surface area contributed by atoms with Crippen molar-refractivity contribution in [2.75, 3.05) is 86.1 Å². The molecule has 0 bridgehead atoms. The van der Waals surface area contributed by atoms with Crippen molar-refractivity contribution in [1.82, 2.24) is 25.1 Å². The Labute approximate surface area is 229 Å². The van der Waals surface area contributed by atoms with Crippen LogP contribution in [0.15, 0.2) is 36.4 Å². The number of hydrogen-bond donors (Lipinski definition) is 2. The monoisotopic (exact) mass is 545 g/mol. The van der Waals surface area contributed by atoms with Crippen LogP contribution in [0.3, 0.4) is 0 Å². The number of carbonyl (C=O) groups excluding carboxylic acids is 1. The summed E-state index contributed by atoms with van der Waals surface area (Å²) >= 11 is 0. The van der Waals surface area contributed by atoms with Crippen molar-refractivity contribution < 1.29 is 33.6 Å². The predicted molar refractivity (Wildman–Crippen MR) is 143 cm³/mol. The van der Waals surface area contributed by atoms with Crippen molar-refractivity contribution in [3.05, 3.63) is 59.2 Å². The van der Waals surface area contributed by atoms with Crippen molar-refractivity contribution in [2.45, 2.75) is 13.1 Å². The lowest BCUT2D eigenvalue weighted by molar-refractivity contribution is 0.00598. The first kappa shape index (κ1) is 30.5. The molecule has 0 radical (unpaired) electrons. The number of rotatable bonds is 6. The summed E-state index contributed by atoms with van der Waals surface area (Å²) in [4.78, 5) is 36.2. The normalized spacial score (nSPS) is 18.1. The van der Waals surface area contributed by atoms with E-state index in [0.717, 1.165) is 5.69 Å². The predicted octanol–water partition coefficient (Wildman–Crippen LogP) is 0.919. The van der Waals surface area contributed by atoms with E-state index in [1.54, 1.807) is 19.2 Å². The number of carbonyl (C=O) groups is 2. The van der Waals surface area contributed by atoms with Crippen LogP contribution in [0.4, 0.5) is 0 Å². The molecule has 1 aliphatic rings. The number of hydrogen-bond acceptors (Lipinski definition) is 10. The van der Waals surface area contributed by atoms with E-state index in [0.29, 0.717) is 104 Å². The number of nitrogens with zero attached hydrogens (tertiary/aromatic N) is 4. The van der Waals surface area contributed by atoms with Crippen molar-refractivity contribution >= 4 is 11.9 Å². The highest BCUT2D eigenvalue weighted by molar-refractivity contribution is 5.91. The van der Waals surface area contributed by atoms with E-state index in [4.69, 9.17) is 18.9 Å². The van der Waals surface area contributed by atoms with Crippen LogP contribution in [0.1, 0.15) is 32.4 Å². The number of nitrogens with one attached hydrogen (secondary N) is 1. The Morgan fingerprint density at radius 3 is 1.54 bits per heavy atom. The van der Waals surface area contributed by atoms with Gasteiger partial charge in [0.25, 0.3) is 5.91 Å². The molecule has 1 fully saturated rings. The van der Waals surface area contributed by atoms with Gasteiger partial charge in [-0.05, 0) is 24.3 Å². The van der Waals surface area contributed by atoms with Gasteiger partial charge >= 0.3 is 5.97 Å². The summed E-state index contributed by atoms with van der Waals surface area (Å²) in [6.45, 7) is 7.68. The molecule has 0 atom stereocenters. The first-order valence-electron chi connectivity index (χ1n) is 13.2. The second kappa shape index (κ2) is 17.6. The second-order valence-corrected chi connectivity index (χ2v) is 8.91. The van der Waals surface area contributed by atoms with Crippen molar-refractivity contribution in [3.8, 4) is 0 Å². The third-order valence-electron chi connectivity index (χ3n) is 6.01. The van der Waals surface area contributed by atoms with Crippen LogP contribution >= 0.6 is 0 Å². The maximum absolute atomic E-state index is 11.9. The Balaban J connectivity index is 1.49. The number of amides is 1. The third kappa shape index (κ3) is 11.7. The van der Waals surface area contributed by atoms with E-state index in [1.165, 1.54) is 6.07 Å². The quantitative estimate of drug-likeness (QED) is 0.536. The molecule has 12 heteroatoms. The van der Waals surface area contributed by atoms with Crippen LogP contribution in [0.5, 0.6) is 0 Å². The molecule has 1 saturated heterocycles. The first-order chi connectivity index (χ1) is 19.0. The Hall–Kier alpha value is -3.00. The van der Waals surface area contributed by atoms with Gasteiger partial charge in [0.05, 0.1) is 64.2 Å². The van der Waals surface area contributed by atoms with Gasteiger partial charge in [-0.2, -0.15) is 0 Å². The summed E-state index contributed by atoms with van der Waals surface area (Å²) in [5.74, 6) is -1.26. The van der Waals surface area contributed by atoms with Crippen molar-refractivity contribution in [1.29, 1.82) is 0 Å². The number of pyridine rings is 2. The lowest BCUT2D eigenvalue weighted by Gasteiger charge is -2.23. The molecule has 0 saturated carbocycles. The minimum atomic E-state index is -1.04. The average Bonchev–Trinajstić information content (AvgIpc) is 2.94. The fraction of sp³-hybridized carbons (Fsp3) is 0.556. The molecule has 0 unspecified atom stereocenters. The van der Waals surface area contributed by atoms with Crippen LogP contribution in [0, 0.1) is 0 Å². The second-order valence-electron chi connectivity index (χ2n) is 8.91. The zero-order valence-electron chi connectivity index (χ0n) is 22.5. The van der Waals surface area contributed by atoms with E-state index >= 15 is 0 Å². The molecule has 12 nitrogen and oxygen atoms in total. The molecular formula is C27H39N5O7. The van der Waals surface area contributed by atoms with Gasteiger partial charge in [0.15, 0.2) is 0 Å². The number of aromatic nitrogens is 2. The Morgan fingerprint density at radius 2 is 1.13 bits per heavy atom. The number of carboxylic acids is 1. The minimum Gasteiger partial charge on any atom is -0.477 e. The molecule has 3 heterocycles. The Bertz CT molecular complexity index is 1010. The van der Waals surface area contributed by atoms with E-state index in [-0.39, 0.29) is 11.6 Å². The lowest BCUT2D eigenvalue weighted by atomic mass is 10.2. The van der Waals surface area contributed by atoms with Crippen LogP contribution in [-0.2, 0) is 32.0 Å².